The van der Waals surface area contributed by atoms with Gasteiger partial charge < -0.3 is 10.3 Å². The van der Waals surface area contributed by atoms with E-state index in [4.69, 9.17) is 10.3 Å². The first-order valence-electron chi connectivity index (χ1n) is 7.69. The van der Waals surface area contributed by atoms with Gasteiger partial charge >= 0.3 is 0 Å². The van der Waals surface area contributed by atoms with Crippen molar-refractivity contribution in [3.63, 3.8) is 0 Å². The summed E-state index contributed by atoms with van der Waals surface area (Å²) in [5.74, 6) is 1.30. The molecule has 2 aromatic rings. The molecular weight excluding hydrogens is 262 g/mol. The lowest BCUT2D eigenvalue weighted by Gasteiger charge is -2.41. The van der Waals surface area contributed by atoms with Gasteiger partial charge in [-0.1, -0.05) is 50.2 Å². The number of benzene rings is 1. The summed E-state index contributed by atoms with van der Waals surface area (Å²) >= 11 is 0. The lowest BCUT2D eigenvalue weighted by atomic mass is 9.65. The first-order valence-corrected chi connectivity index (χ1v) is 7.69. The molecular formula is C17H23N3O. The van der Waals surface area contributed by atoms with Gasteiger partial charge in [-0.25, -0.2) is 0 Å². The third kappa shape index (κ3) is 2.27. The summed E-state index contributed by atoms with van der Waals surface area (Å²) in [5, 5.41) is 4.17. The molecule has 3 rings (SSSR count). The predicted octanol–water partition coefficient (Wildman–Crippen LogP) is 3.30. The van der Waals surface area contributed by atoms with E-state index in [-0.39, 0.29) is 5.41 Å². The van der Waals surface area contributed by atoms with Crippen molar-refractivity contribution >= 4 is 0 Å². The zero-order chi connectivity index (χ0) is 15.1. The van der Waals surface area contributed by atoms with Crippen molar-refractivity contribution < 1.29 is 4.52 Å². The van der Waals surface area contributed by atoms with Gasteiger partial charge in [-0.3, -0.25) is 0 Å². The SMILES string of the molecule is CCCc1nc(C2(N)CCC(C)(C)c3ccccc32)no1. The smallest absolute Gasteiger partial charge is 0.226 e. The van der Waals surface area contributed by atoms with Gasteiger partial charge in [0.15, 0.2) is 5.82 Å². The molecule has 0 saturated carbocycles. The standard InChI is InChI=1S/C17H23N3O/c1-4-7-14-19-15(20-21-14)17(18)11-10-16(2,3)12-8-5-6-9-13(12)17/h5-6,8-9H,4,7,10-11,18H2,1-3H3. The number of nitrogens with zero attached hydrogens (tertiary/aromatic N) is 2. The second kappa shape index (κ2) is 4.95. The molecule has 1 atom stereocenters. The second-order valence-electron chi connectivity index (χ2n) is 6.66. The van der Waals surface area contributed by atoms with Crippen LogP contribution in [0.25, 0.3) is 0 Å². The minimum atomic E-state index is -0.637. The lowest BCUT2D eigenvalue weighted by molar-refractivity contribution is 0.310. The number of aryl methyl sites for hydroxylation is 1. The Hall–Kier alpha value is -1.68. The van der Waals surface area contributed by atoms with E-state index < -0.39 is 5.54 Å². The Morgan fingerprint density at radius 3 is 2.62 bits per heavy atom. The maximum atomic E-state index is 6.74. The van der Waals surface area contributed by atoms with Gasteiger partial charge in [0.2, 0.25) is 5.89 Å². The van der Waals surface area contributed by atoms with E-state index in [1.165, 1.54) is 5.56 Å². The molecule has 1 aliphatic carbocycles. The molecule has 1 unspecified atom stereocenters. The maximum absolute atomic E-state index is 6.74. The normalized spacial score (nSPS) is 23.8. The predicted molar refractivity (Wildman–Crippen MR) is 82.0 cm³/mol. The average molecular weight is 285 g/mol. The van der Waals surface area contributed by atoms with Crippen LogP contribution in [0.2, 0.25) is 0 Å². The molecule has 4 heteroatoms. The Balaban J connectivity index is 2.08. The van der Waals surface area contributed by atoms with Gasteiger partial charge in [0.05, 0.1) is 0 Å². The van der Waals surface area contributed by atoms with Crippen LogP contribution in [0.3, 0.4) is 0 Å². The van der Waals surface area contributed by atoms with Crippen molar-refractivity contribution in [2.24, 2.45) is 5.73 Å². The highest BCUT2D eigenvalue weighted by atomic mass is 16.5. The Bertz CT molecular complexity index is 647. The molecule has 0 saturated heterocycles. The van der Waals surface area contributed by atoms with E-state index in [2.05, 4.69) is 49.1 Å². The third-order valence-electron chi connectivity index (χ3n) is 4.61. The van der Waals surface area contributed by atoms with E-state index in [1.54, 1.807) is 0 Å². The van der Waals surface area contributed by atoms with Gasteiger partial charge in [-0.15, -0.1) is 0 Å². The average Bonchev–Trinajstić information content (AvgIpc) is 2.94. The molecule has 0 amide bonds. The minimum Gasteiger partial charge on any atom is -0.339 e. The van der Waals surface area contributed by atoms with Crippen LogP contribution < -0.4 is 5.73 Å². The number of nitrogens with two attached hydrogens (primary N) is 1. The van der Waals surface area contributed by atoms with Crippen LogP contribution >= 0.6 is 0 Å². The number of hydrogen-bond acceptors (Lipinski definition) is 4. The largest absolute Gasteiger partial charge is 0.339 e. The fraction of sp³-hybridized carbons (Fsp3) is 0.529. The van der Waals surface area contributed by atoms with Gasteiger partial charge in [0.1, 0.15) is 5.54 Å². The molecule has 1 heterocycles. The number of rotatable bonds is 3. The lowest BCUT2D eigenvalue weighted by Crippen LogP contribution is -2.46. The summed E-state index contributed by atoms with van der Waals surface area (Å²) in [4.78, 5) is 4.54. The van der Waals surface area contributed by atoms with E-state index in [0.29, 0.717) is 11.7 Å². The van der Waals surface area contributed by atoms with Gasteiger partial charge in [-0.05, 0) is 35.8 Å². The fourth-order valence-corrected chi connectivity index (χ4v) is 3.23. The summed E-state index contributed by atoms with van der Waals surface area (Å²) in [5.41, 5.74) is 8.66. The van der Waals surface area contributed by atoms with Crippen LogP contribution in [-0.2, 0) is 17.4 Å². The maximum Gasteiger partial charge on any atom is 0.226 e. The van der Waals surface area contributed by atoms with Gasteiger partial charge in [-0.2, -0.15) is 4.98 Å². The Morgan fingerprint density at radius 2 is 1.90 bits per heavy atom. The third-order valence-corrected chi connectivity index (χ3v) is 4.61. The summed E-state index contributed by atoms with van der Waals surface area (Å²) in [6.45, 7) is 6.63. The summed E-state index contributed by atoms with van der Waals surface area (Å²) in [6.07, 6.45) is 3.64. The molecule has 0 bridgehead atoms. The Morgan fingerprint density at radius 1 is 1.19 bits per heavy atom. The number of hydrogen-bond donors (Lipinski definition) is 1. The van der Waals surface area contributed by atoms with Crippen LogP contribution in [-0.4, -0.2) is 10.1 Å². The number of fused-ring (bicyclic) bond motifs is 1. The molecule has 1 aromatic heterocycles. The van der Waals surface area contributed by atoms with Gasteiger partial charge in [0, 0.05) is 6.42 Å². The highest BCUT2D eigenvalue weighted by molar-refractivity contribution is 5.44. The van der Waals surface area contributed by atoms with Crippen molar-refractivity contribution in [3.8, 4) is 0 Å². The van der Waals surface area contributed by atoms with Crippen molar-refractivity contribution in [3.05, 3.63) is 47.1 Å². The molecule has 0 spiro atoms. The molecule has 4 nitrogen and oxygen atoms in total. The van der Waals surface area contributed by atoms with Crippen LogP contribution in [0.4, 0.5) is 0 Å². The molecule has 0 aliphatic heterocycles. The van der Waals surface area contributed by atoms with Crippen LogP contribution in [0.5, 0.6) is 0 Å². The highest BCUT2D eigenvalue weighted by Crippen LogP contribution is 2.45. The topological polar surface area (TPSA) is 64.9 Å². The molecule has 0 fully saturated rings. The van der Waals surface area contributed by atoms with Gasteiger partial charge in [0.25, 0.3) is 0 Å². The second-order valence-corrected chi connectivity index (χ2v) is 6.66. The molecule has 0 radical (unpaired) electrons. The van der Waals surface area contributed by atoms with Crippen molar-refractivity contribution in [2.75, 3.05) is 0 Å². The minimum absolute atomic E-state index is 0.134. The first kappa shape index (κ1) is 14.3. The summed E-state index contributed by atoms with van der Waals surface area (Å²) < 4.78 is 5.35. The zero-order valence-electron chi connectivity index (χ0n) is 13.0. The Kier molecular flexibility index (Phi) is 3.36. The molecule has 1 aliphatic rings. The molecule has 112 valence electrons. The zero-order valence-corrected chi connectivity index (χ0v) is 13.0. The van der Waals surface area contributed by atoms with Crippen LogP contribution in [0, 0.1) is 0 Å². The summed E-state index contributed by atoms with van der Waals surface area (Å²) in [7, 11) is 0. The molecule has 1 aromatic carbocycles. The highest BCUT2D eigenvalue weighted by Gasteiger charge is 2.44. The first-order chi connectivity index (χ1) is 9.97. The van der Waals surface area contributed by atoms with Crippen molar-refractivity contribution in [1.82, 2.24) is 10.1 Å². The van der Waals surface area contributed by atoms with E-state index in [0.717, 1.165) is 31.2 Å². The monoisotopic (exact) mass is 285 g/mol. The number of aromatic nitrogens is 2. The van der Waals surface area contributed by atoms with E-state index >= 15 is 0 Å². The summed E-state index contributed by atoms with van der Waals surface area (Å²) in [6, 6.07) is 8.38. The van der Waals surface area contributed by atoms with Crippen LogP contribution in [0.15, 0.2) is 28.8 Å². The van der Waals surface area contributed by atoms with E-state index in [1.807, 2.05) is 6.07 Å². The molecule has 2 N–H and O–H groups in total. The van der Waals surface area contributed by atoms with Crippen molar-refractivity contribution in [2.45, 2.75) is 57.4 Å². The Labute approximate surface area is 125 Å². The van der Waals surface area contributed by atoms with Crippen molar-refractivity contribution in [1.29, 1.82) is 0 Å². The molecule has 21 heavy (non-hydrogen) atoms. The quantitative estimate of drug-likeness (QED) is 0.939. The van der Waals surface area contributed by atoms with Crippen LogP contribution in [0.1, 0.15) is 62.9 Å². The fourth-order valence-electron chi connectivity index (χ4n) is 3.23. The van der Waals surface area contributed by atoms with E-state index in [9.17, 15) is 0 Å².